The van der Waals surface area contributed by atoms with E-state index in [2.05, 4.69) is 17.9 Å². The first-order chi connectivity index (χ1) is 11.1. The topological polar surface area (TPSA) is 101 Å². The van der Waals surface area contributed by atoms with Crippen molar-refractivity contribution in [1.82, 2.24) is 10.6 Å². The minimum Gasteiger partial charge on any atom is -0.368 e. The molecule has 132 valence electrons. The lowest BCUT2D eigenvalue weighted by Gasteiger charge is -2.21. The predicted octanol–water partition coefficient (Wildman–Crippen LogP) is 0.176. The fraction of sp³-hybridized carbons (Fsp3) is 0.357. The van der Waals surface area contributed by atoms with Crippen molar-refractivity contribution in [3.8, 4) is 0 Å². The van der Waals surface area contributed by atoms with E-state index in [4.69, 9.17) is 5.73 Å². The summed E-state index contributed by atoms with van der Waals surface area (Å²) in [6, 6.07) is 5.90. The van der Waals surface area contributed by atoms with Gasteiger partial charge in [-0.1, -0.05) is 30.3 Å². The van der Waals surface area contributed by atoms with Crippen LogP contribution in [0.4, 0.5) is 13.2 Å². The number of hydrogen-bond acceptors (Lipinski definition) is 4. The third kappa shape index (κ3) is 6.11. The largest absolute Gasteiger partial charge is 0.471 e. The molecule has 6 nitrogen and oxygen atoms in total. The van der Waals surface area contributed by atoms with Gasteiger partial charge in [-0.2, -0.15) is 25.8 Å². The van der Waals surface area contributed by atoms with Gasteiger partial charge in [0.25, 0.3) is 0 Å². The Labute approximate surface area is 141 Å². The molecule has 0 aromatic heterocycles. The summed E-state index contributed by atoms with van der Waals surface area (Å²) in [5.41, 5.74) is 5.90. The minimum absolute atomic E-state index is 0.0639. The van der Waals surface area contributed by atoms with E-state index in [0.717, 1.165) is 0 Å². The number of rotatable bonds is 7. The summed E-state index contributed by atoms with van der Waals surface area (Å²) in [6.45, 7) is 0. The normalized spacial score (nSPS) is 13.7. The number of hydrogen-bond donors (Lipinski definition) is 4. The standard InChI is InChI=1S/C14H16F3N3O3S/c15-14(16,17)13(23)20-10(7-24)12(22)19-9(11(18)21)6-8-4-2-1-3-5-8/h1-5,9-10,24H,6-7H2,(H2,18,21)(H,19,22)(H,20,23)/t9-,10-/m0/s1. The highest BCUT2D eigenvalue weighted by Gasteiger charge is 2.40. The Kier molecular flexibility index (Phi) is 7.08. The molecule has 0 fully saturated rings. The highest BCUT2D eigenvalue weighted by molar-refractivity contribution is 7.80. The van der Waals surface area contributed by atoms with Gasteiger partial charge in [0, 0.05) is 12.2 Å². The van der Waals surface area contributed by atoms with Crippen LogP contribution in [-0.4, -0.2) is 41.7 Å². The fourth-order valence-corrected chi connectivity index (χ4v) is 2.04. The Bertz CT molecular complexity index is 596. The number of amides is 3. The number of carbonyl (C=O) groups is 3. The van der Waals surface area contributed by atoms with Gasteiger partial charge >= 0.3 is 12.1 Å². The van der Waals surface area contributed by atoms with Gasteiger partial charge in [-0.05, 0) is 5.56 Å². The van der Waals surface area contributed by atoms with Crippen molar-refractivity contribution in [2.24, 2.45) is 5.73 Å². The number of carbonyl (C=O) groups excluding carboxylic acids is 3. The number of nitrogens with two attached hydrogens (primary N) is 1. The monoisotopic (exact) mass is 363 g/mol. The Balaban J connectivity index is 2.76. The summed E-state index contributed by atoms with van der Waals surface area (Å²) in [7, 11) is 0. The molecule has 0 radical (unpaired) electrons. The summed E-state index contributed by atoms with van der Waals surface area (Å²) < 4.78 is 36.7. The Morgan fingerprint density at radius 1 is 1.08 bits per heavy atom. The molecule has 0 heterocycles. The highest BCUT2D eigenvalue weighted by atomic mass is 32.1. The lowest BCUT2D eigenvalue weighted by molar-refractivity contribution is -0.174. The van der Waals surface area contributed by atoms with E-state index in [0.29, 0.717) is 5.56 Å². The number of alkyl halides is 3. The van der Waals surface area contributed by atoms with E-state index in [1.165, 1.54) is 5.32 Å². The molecule has 10 heteroatoms. The second kappa shape index (κ2) is 8.57. The Hall–Kier alpha value is -2.23. The average molecular weight is 363 g/mol. The van der Waals surface area contributed by atoms with Crippen molar-refractivity contribution in [2.45, 2.75) is 24.7 Å². The van der Waals surface area contributed by atoms with Gasteiger partial charge < -0.3 is 16.4 Å². The molecule has 0 aliphatic carbocycles. The molecule has 0 aliphatic rings. The summed E-state index contributed by atoms with van der Waals surface area (Å²) in [5.74, 6) is -4.49. The van der Waals surface area contributed by atoms with Gasteiger partial charge in [-0.15, -0.1) is 0 Å². The molecule has 24 heavy (non-hydrogen) atoms. The third-order valence-electron chi connectivity index (χ3n) is 3.00. The zero-order chi connectivity index (χ0) is 18.3. The molecule has 1 aromatic carbocycles. The van der Waals surface area contributed by atoms with Crippen LogP contribution < -0.4 is 16.4 Å². The van der Waals surface area contributed by atoms with E-state index >= 15 is 0 Å². The molecule has 1 rings (SSSR count). The van der Waals surface area contributed by atoms with E-state index in [1.54, 1.807) is 30.3 Å². The summed E-state index contributed by atoms with van der Waals surface area (Å²) in [6.07, 6.45) is -5.07. The number of benzene rings is 1. The van der Waals surface area contributed by atoms with E-state index < -0.39 is 36.0 Å². The molecular formula is C14H16F3N3O3S. The van der Waals surface area contributed by atoms with Crippen LogP contribution in [0.1, 0.15) is 5.56 Å². The first-order valence-electron chi connectivity index (χ1n) is 6.77. The van der Waals surface area contributed by atoms with Gasteiger partial charge in [-0.3, -0.25) is 14.4 Å². The van der Waals surface area contributed by atoms with Crippen LogP contribution in [0, 0.1) is 0 Å². The van der Waals surface area contributed by atoms with Crippen LogP contribution in [0.25, 0.3) is 0 Å². The third-order valence-corrected chi connectivity index (χ3v) is 3.37. The smallest absolute Gasteiger partial charge is 0.368 e. The lowest BCUT2D eigenvalue weighted by atomic mass is 10.1. The second-order valence-corrected chi connectivity index (χ2v) is 5.22. The van der Waals surface area contributed by atoms with Crippen molar-refractivity contribution in [2.75, 3.05) is 5.75 Å². The molecule has 1 aromatic rings. The summed E-state index contributed by atoms with van der Waals surface area (Å²) in [5, 5.41) is 3.74. The molecule has 3 amide bonds. The van der Waals surface area contributed by atoms with Crippen LogP contribution in [0.15, 0.2) is 30.3 Å². The van der Waals surface area contributed by atoms with Crippen LogP contribution in [-0.2, 0) is 20.8 Å². The molecule has 0 unspecified atom stereocenters. The quantitative estimate of drug-likeness (QED) is 0.520. The zero-order valence-corrected chi connectivity index (χ0v) is 13.2. The minimum atomic E-state index is -5.13. The molecule has 0 spiro atoms. The highest BCUT2D eigenvalue weighted by Crippen LogP contribution is 2.14. The molecule has 2 atom stereocenters. The summed E-state index contributed by atoms with van der Waals surface area (Å²) >= 11 is 3.74. The fourth-order valence-electron chi connectivity index (χ4n) is 1.78. The lowest BCUT2D eigenvalue weighted by Crippen LogP contribution is -2.56. The van der Waals surface area contributed by atoms with Crippen LogP contribution >= 0.6 is 12.6 Å². The first-order valence-corrected chi connectivity index (χ1v) is 7.40. The average Bonchev–Trinajstić information content (AvgIpc) is 2.51. The number of thiol groups is 1. The maximum Gasteiger partial charge on any atom is 0.471 e. The predicted molar refractivity (Wildman–Crippen MR) is 83.1 cm³/mol. The van der Waals surface area contributed by atoms with E-state index in [9.17, 15) is 27.6 Å². The maximum atomic E-state index is 12.2. The van der Waals surface area contributed by atoms with Crippen molar-refractivity contribution < 1.29 is 27.6 Å². The number of nitrogens with one attached hydrogen (secondary N) is 2. The molecule has 0 bridgehead atoms. The number of primary amides is 1. The zero-order valence-electron chi connectivity index (χ0n) is 12.3. The molecule has 0 saturated carbocycles. The van der Waals surface area contributed by atoms with Gasteiger partial charge in [0.2, 0.25) is 11.8 Å². The Morgan fingerprint density at radius 3 is 2.12 bits per heavy atom. The van der Waals surface area contributed by atoms with Crippen molar-refractivity contribution in [1.29, 1.82) is 0 Å². The van der Waals surface area contributed by atoms with Gasteiger partial charge in [0.15, 0.2) is 0 Å². The van der Waals surface area contributed by atoms with E-state index in [1.807, 2.05) is 0 Å². The van der Waals surface area contributed by atoms with E-state index in [-0.39, 0.29) is 12.2 Å². The van der Waals surface area contributed by atoms with Crippen molar-refractivity contribution in [3.63, 3.8) is 0 Å². The molecule has 0 saturated heterocycles. The van der Waals surface area contributed by atoms with Crippen molar-refractivity contribution in [3.05, 3.63) is 35.9 Å². The van der Waals surface area contributed by atoms with Crippen LogP contribution in [0.5, 0.6) is 0 Å². The number of halogens is 3. The van der Waals surface area contributed by atoms with Gasteiger partial charge in [0.05, 0.1) is 0 Å². The maximum absolute atomic E-state index is 12.2. The first kappa shape index (κ1) is 19.8. The van der Waals surface area contributed by atoms with Crippen LogP contribution in [0.2, 0.25) is 0 Å². The SMILES string of the molecule is NC(=O)[C@H](Cc1ccccc1)NC(=O)[C@H](CS)NC(=O)C(F)(F)F. The Morgan fingerprint density at radius 2 is 1.67 bits per heavy atom. The van der Waals surface area contributed by atoms with Gasteiger partial charge in [0.1, 0.15) is 12.1 Å². The van der Waals surface area contributed by atoms with Crippen molar-refractivity contribution >= 4 is 30.4 Å². The second-order valence-electron chi connectivity index (χ2n) is 4.86. The van der Waals surface area contributed by atoms with Crippen LogP contribution in [0.3, 0.4) is 0 Å². The molecule has 0 aliphatic heterocycles. The molecular weight excluding hydrogens is 347 g/mol. The molecule has 4 N–H and O–H groups in total. The van der Waals surface area contributed by atoms with Gasteiger partial charge in [-0.25, -0.2) is 0 Å². The summed E-state index contributed by atoms with van der Waals surface area (Å²) in [4.78, 5) is 34.4.